The summed E-state index contributed by atoms with van der Waals surface area (Å²) in [6, 6.07) is 20.2. The van der Waals surface area contributed by atoms with Crippen molar-refractivity contribution in [1.29, 1.82) is 0 Å². The number of hydrogen-bond acceptors (Lipinski definition) is 6. The molecular formula is C30H33N7O2. The van der Waals surface area contributed by atoms with Crippen LogP contribution in [0, 0.1) is 0 Å². The molecule has 6 rings (SSSR count). The van der Waals surface area contributed by atoms with Crippen LogP contribution in [0.4, 0.5) is 5.69 Å². The number of anilines is 1. The maximum absolute atomic E-state index is 13.9. The van der Waals surface area contributed by atoms with Crippen molar-refractivity contribution in [3.8, 4) is 0 Å². The number of hydrogen-bond donors (Lipinski definition) is 0. The monoisotopic (exact) mass is 523 g/mol. The summed E-state index contributed by atoms with van der Waals surface area (Å²) in [6.07, 6.45) is 6.62. The Bertz CT molecular complexity index is 1440. The predicted molar refractivity (Wildman–Crippen MR) is 149 cm³/mol. The molecule has 0 aliphatic carbocycles. The number of carbonyl (C=O) groups is 2. The lowest BCUT2D eigenvalue weighted by atomic mass is 10.1. The van der Waals surface area contributed by atoms with Crippen LogP contribution in [-0.2, 0) is 29.2 Å². The van der Waals surface area contributed by atoms with Crippen LogP contribution in [0.2, 0.25) is 0 Å². The first-order valence-corrected chi connectivity index (χ1v) is 13.6. The third kappa shape index (κ3) is 5.40. The molecule has 200 valence electrons. The fourth-order valence-corrected chi connectivity index (χ4v) is 6.03. The van der Waals surface area contributed by atoms with Gasteiger partial charge in [-0.3, -0.25) is 19.5 Å². The second-order valence-electron chi connectivity index (χ2n) is 10.5. The van der Waals surface area contributed by atoms with Crippen LogP contribution in [0.1, 0.15) is 37.3 Å². The minimum Gasteiger partial charge on any atom is -0.335 e. The highest BCUT2D eigenvalue weighted by atomic mass is 16.2. The number of amides is 2. The number of para-hydroxylation sites is 1. The third-order valence-corrected chi connectivity index (χ3v) is 7.96. The summed E-state index contributed by atoms with van der Waals surface area (Å²) in [5.41, 5.74) is 4.54. The van der Waals surface area contributed by atoms with Crippen LogP contribution < -0.4 is 4.90 Å². The van der Waals surface area contributed by atoms with Gasteiger partial charge in [0.1, 0.15) is 17.6 Å². The Morgan fingerprint density at radius 3 is 2.38 bits per heavy atom. The normalized spacial score (nSPS) is 20.0. The lowest BCUT2D eigenvalue weighted by molar-refractivity contribution is -0.133. The van der Waals surface area contributed by atoms with Crippen LogP contribution >= 0.6 is 0 Å². The zero-order valence-electron chi connectivity index (χ0n) is 22.2. The quantitative estimate of drug-likeness (QED) is 0.406. The zero-order valence-corrected chi connectivity index (χ0v) is 22.2. The van der Waals surface area contributed by atoms with Gasteiger partial charge in [-0.25, -0.2) is 0 Å². The van der Waals surface area contributed by atoms with E-state index in [1.54, 1.807) is 13.1 Å². The summed E-state index contributed by atoms with van der Waals surface area (Å²) < 4.78 is 0. The van der Waals surface area contributed by atoms with E-state index >= 15 is 0 Å². The maximum atomic E-state index is 13.9. The molecule has 2 aromatic heterocycles. The van der Waals surface area contributed by atoms with Gasteiger partial charge in [0.05, 0.1) is 0 Å². The Balaban J connectivity index is 1.34. The van der Waals surface area contributed by atoms with E-state index in [1.807, 2.05) is 70.6 Å². The predicted octanol–water partition coefficient (Wildman–Crippen LogP) is 3.64. The summed E-state index contributed by atoms with van der Waals surface area (Å²) in [7, 11) is 0. The number of nitrogens with zero attached hydrogens (tertiary/aromatic N) is 7. The molecule has 2 aliphatic rings. The van der Waals surface area contributed by atoms with E-state index in [-0.39, 0.29) is 24.4 Å². The Hall–Kier alpha value is -4.11. The maximum Gasteiger partial charge on any atom is 0.246 e. The molecule has 2 atom stereocenters. The van der Waals surface area contributed by atoms with Gasteiger partial charge >= 0.3 is 0 Å². The van der Waals surface area contributed by atoms with Crippen molar-refractivity contribution in [3.63, 3.8) is 0 Å². The molecule has 2 aromatic carbocycles. The van der Waals surface area contributed by atoms with Gasteiger partial charge in [0.15, 0.2) is 0 Å². The van der Waals surface area contributed by atoms with Crippen molar-refractivity contribution in [2.24, 2.45) is 0 Å². The molecule has 2 amide bonds. The van der Waals surface area contributed by atoms with Gasteiger partial charge in [0.25, 0.3) is 0 Å². The van der Waals surface area contributed by atoms with Crippen LogP contribution in [0.25, 0.3) is 11.0 Å². The highest BCUT2D eigenvalue weighted by Gasteiger charge is 2.36. The molecule has 1 saturated heterocycles. The summed E-state index contributed by atoms with van der Waals surface area (Å²) in [5, 5.41) is 9.05. The van der Waals surface area contributed by atoms with Gasteiger partial charge < -0.3 is 9.80 Å². The van der Waals surface area contributed by atoms with Gasteiger partial charge in [-0.05, 0) is 54.7 Å². The van der Waals surface area contributed by atoms with Crippen molar-refractivity contribution in [1.82, 2.24) is 29.8 Å². The minimum absolute atomic E-state index is 0.0142. The molecule has 4 aromatic rings. The average molecular weight is 524 g/mol. The molecule has 0 spiro atoms. The second-order valence-corrected chi connectivity index (χ2v) is 10.5. The molecule has 9 nitrogen and oxygen atoms in total. The molecule has 4 heterocycles. The summed E-state index contributed by atoms with van der Waals surface area (Å²) >= 11 is 0. The lowest BCUT2D eigenvalue weighted by Crippen LogP contribution is -2.45. The minimum atomic E-state index is -0.0384. The van der Waals surface area contributed by atoms with Crippen LogP contribution in [0.3, 0.4) is 0 Å². The zero-order chi connectivity index (χ0) is 26.8. The van der Waals surface area contributed by atoms with E-state index in [4.69, 9.17) is 0 Å². The molecule has 39 heavy (non-hydrogen) atoms. The van der Waals surface area contributed by atoms with Gasteiger partial charge in [-0.1, -0.05) is 36.4 Å². The number of carbonyl (C=O) groups excluding carboxylic acids is 2. The number of fused-ring (bicyclic) bond motifs is 4. The van der Waals surface area contributed by atoms with Gasteiger partial charge in [0, 0.05) is 63.3 Å². The molecule has 2 bridgehead atoms. The fraction of sp³-hybridized carbons (Fsp3) is 0.367. The van der Waals surface area contributed by atoms with E-state index in [2.05, 4.69) is 26.1 Å². The smallest absolute Gasteiger partial charge is 0.246 e. The van der Waals surface area contributed by atoms with Gasteiger partial charge in [0.2, 0.25) is 11.8 Å². The van der Waals surface area contributed by atoms with Gasteiger partial charge in [-0.2, -0.15) is 15.0 Å². The first-order valence-electron chi connectivity index (χ1n) is 13.6. The number of pyridine rings is 1. The summed E-state index contributed by atoms with van der Waals surface area (Å²) in [6.45, 7) is 4.12. The van der Waals surface area contributed by atoms with E-state index in [9.17, 15) is 9.59 Å². The molecule has 2 unspecified atom stereocenters. The van der Waals surface area contributed by atoms with E-state index in [0.29, 0.717) is 25.7 Å². The topological polar surface area (TPSA) is 87.5 Å². The Kier molecular flexibility index (Phi) is 7.06. The standard InChI is InChI=1S/C30H33N7O2/c1-22(38)35-16-14-25-12-13-26(36(25)18-23-7-6-15-31-17-23)20-34(19-24-8-2-5-11-29(24)35)30(39)21-37-32-27-9-3-4-10-28(27)33-37/h2-11,15,17,25-26H,12-14,16,18-21H2,1H3. The molecule has 0 saturated carbocycles. The van der Waals surface area contributed by atoms with Gasteiger partial charge in [-0.15, -0.1) is 0 Å². The van der Waals surface area contributed by atoms with Crippen molar-refractivity contribution in [3.05, 3.63) is 84.2 Å². The summed E-state index contributed by atoms with van der Waals surface area (Å²) in [4.78, 5) is 38.9. The van der Waals surface area contributed by atoms with Crippen molar-refractivity contribution >= 4 is 28.5 Å². The van der Waals surface area contributed by atoms with Crippen molar-refractivity contribution in [2.45, 2.75) is 57.9 Å². The average Bonchev–Trinajstić information content (AvgIpc) is 3.51. The van der Waals surface area contributed by atoms with Crippen LogP contribution in [-0.4, -0.2) is 66.8 Å². The molecule has 0 radical (unpaired) electrons. The van der Waals surface area contributed by atoms with Crippen molar-refractivity contribution in [2.75, 3.05) is 18.0 Å². The SMILES string of the molecule is CC(=O)N1CCC2CCC(CN(C(=O)Cn3nc4ccccc4n3)Cc3ccccc31)N2Cc1cccnc1. The van der Waals surface area contributed by atoms with Crippen molar-refractivity contribution < 1.29 is 9.59 Å². The molecule has 2 aliphatic heterocycles. The van der Waals surface area contributed by atoms with E-state index in [0.717, 1.165) is 53.7 Å². The molecular weight excluding hydrogens is 490 g/mol. The first kappa shape index (κ1) is 25.2. The molecule has 0 N–H and O–H groups in total. The van der Waals surface area contributed by atoms with Crippen LogP contribution in [0.15, 0.2) is 73.1 Å². The lowest BCUT2D eigenvalue weighted by Gasteiger charge is -2.33. The highest BCUT2D eigenvalue weighted by molar-refractivity contribution is 5.92. The number of aromatic nitrogens is 4. The molecule has 1 fully saturated rings. The summed E-state index contributed by atoms with van der Waals surface area (Å²) in [5.74, 6) is -0.0242. The highest BCUT2D eigenvalue weighted by Crippen LogP contribution is 2.32. The number of rotatable bonds is 4. The van der Waals surface area contributed by atoms with Crippen LogP contribution in [0.5, 0.6) is 0 Å². The van der Waals surface area contributed by atoms with E-state index in [1.165, 1.54) is 4.80 Å². The number of benzene rings is 2. The largest absolute Gasteiger partial charge is 0.335 e. The third-order valence-electron chi connectivity index (χ3n) is 7.96. The Morgan fingerprint density at radius 1 is 0.897 bits per heavy atom. The fourth-order valence-electron chi connectivity index (χ4n) is 6.03. The Morgan fingerprint density at radius 2 is 1.64 bits per heavy atom. The Labute approximate surface area is 228 Å². The second kappa shape index (κ2) is 10.9. The first-order chi connectivity index (χ1) is 19.0. The molecule has 9 heteroatoms. The van der Waals surface area contributed by atoms with E-state index < -0.39 is 0 Å².